The highest BCUT2D eigenvalue weighted by atomic mass is 16.5. The maximum atomic E-state index is 10.7. The van der Waals surface area contributed by atoms with Crippen molar-refractivity contribution < 1.29 is 19.4 Å². The third-order valence-electron chi connectivity index (χ3n) is 4.64. The molecule has 0 aliphatic rings. The second-order valence-corrected chi connectivity index (χ2v) is 6.88. The van der Waals surface area contributed by atoms with Crippen molar-refractivity contribution in [3.05, 3.63) is 65.9 Å². The summed E-state index contributed by atoms with van der Waals surface area (Å²) in [6, 6.07) is 15.6. The molecule has 5 nitrogen and oxygen atoms in total. The number of carboxylic acids is 1. The SMILES string of the molecule is Cc1cc(OCC[C@@H](C)Oc2cccc3cccnc23)ccc1CCC(=O)O. The first kappa shape index (κ1) is 19.7. The average Bonchev–Trinajstić information content (AvgIpc) is 2.67. The van der Waals surface area contributed by atoms with Gasteiger partial charge in [-0.15, -0.1) is 0 Å². The van der Waals surface area contributed by atoms with Crippen LogP contribution in [0.4, 0.5) is 0 Å². The molecule has 0 fully saturated rings. The van der Waals surface area contributed by atoms with Crippen LogP contribution in [0.1, 0.15) is 30.9 Å². The van der Waals surface area contributed by atoms with Crippen molar-refractivity contribution in [2.24, 2.45) is 0 Å². The summed E-state index contributed by atoms with van der Waals surface area (Å²) >= 11 is 0. The number of aryl methyl sites for hydroxylation is 2. The first-order chi connectivity index (χ1) is 13.5. The topological polar surface area (TPSA) is 68.7 Å². The number of ether oxygens (including phenoxy) is 2. The molecule has 2 aromatic carbocycles. The number of para-hydroxylation sites is 1. The smallest absolute Gasteiger partial charge is 0.303 e. The fraction of sp³-hybridized carbons (Fsp3) is 0.304. The zero-order valence-electron chi connectivity index (χ0n) is 16.2. The summed E-state index contributed by atoms with van der Waals surface area (Å²) in [7, 11) is 0. The van der Waals surface area contributed by atoms with Gasteiger partial charge in [0.05, 0.1) is 12.7 Å². The lowest BCUT2D eigenvalue weighted by Crippen LogP contribution is -2.16. The van der Waals surface area contributed by atoms with E-state index in [0.29, 0.717) is 13.0 Å². The van der Waals surface area contributed by atoms with E-state index in [1.165, 1.54) is 0 Å². The van der Waals surface area contributed by atoms with Gasteiger partial charge >= 0.3 is 5.97 Å². The van der Waals surface area contributed by atoms with Crippen LogP contribution in [-0.4, -0.2) is 28.8 Å². The second kappa shape index (κ2) is 9.22. The largest absolute Gasteiger partial charge is 0.493 e. The van der Waals surface area contributed by atoms with E-state index >= 15 is 0 Å². The number of hydrogen-bond acceptors (Lipinski definition) is 4. The molecule has 0 radical (unpaired) electrons. The van der Waals surface area contributed by atoms with Crippen LogP contribution in [-0.2, 0) is 11.2 Å². The normalized spacial score (nSPS) is 11.9. The molecule has 3 aromatic rings. The summed E-state index contributed by atoms with van der Waals surface area (Å²) < 4.78 is 11.9. The summed E-state index contributed by atoms with van der Waals surface area (Å²) in [5.74, 6) is 0.787. The molecule has 146 valence electrons. The number of pyridine rings is 1. The van der Waals surface area contributed by atoms with Gasteiger partial charge in [0.25, 0.3) is 0 Å². The standard InChI is InChI=1S/C23H25NO4/c1-16-15-20(10-8-18(16)9-11-22(25)26)27-14-12-17(2)28-21-7-3-5-19-6-4-13-24-23(19)21/h3-8,10,13,15,17H,9,11-12,14H2,1-2H3,(H,25,26)/t17-/m1/s1. The number of nitrogens with zero attached hydrogens (tertiary/aromatic N) is 1. The van der Waals surface area contributed by atoms with E-state index in [9.17, 15) is 4.79 Å². The molecule has 0 saturated carbocycles. The number of benzene rings is 2. The van der Waals surface area contributed by atoms with E-state index in [0.717, 1.165) is 39.9 Å². The number of carbonyl (C=O) groups is 1. The molecular weight excluding hydrogens is 354 g/mol. The van der Waals surface area contributed by atoms with Crippen LogP contribution in [0.3, 0.4) is 0 Å². The Hall–Kier alpha value is -3.08. The van der Waals surface area contributed by atoms with Gasteiger partial charge in [-0.3, -0.25) is 9.78 Å². The van der Waals surface area contributed by atoms with Crippen LogP contribution >= 0.6 is 0 Å². The van der Waals surface area contributed by atoms with E-state index in [2.05, 4.69) is 4.98 Å². The predicted molar refractivity (Wildman–Crippen MR) is 109 cm³/mol. The maximum Gasteiger partial charge on any atom is 0.303 e. The number of aliphatic carboxylic acids is 1. The van der Waals surface area contributed by atoms with Gasteiger partial charge in [0.2, 0.25) is 0 Å². The van der Waals surface area contributed by atoms with Crippen molar-refractivity contribution in [2.75, 3.05) is 6.61 Å². The molecule has 0 aliphatic heterocycles. The zero-order valence-corrected chi connectivity index (χ0v) is 16.2. The van der Waals surface area contributed by atoms with Crippen LogP contribution in [0.2, 0.25) is 0 Å². The molecule has 0 bridgehead atoms. The highest BCUT2D eigenvalue weighted by molar-refractivity contribution is 5.84. The summed E-state index contributed by atoms with van der Waals surface area (Å²) in [6.45, 7) is 4.53. The third kappa shape index (κ3) is 5.22. The maximum absolute atomic E-state index is 10.7. The Kier molecular flexibility index (Phi) is 6.48. The predicted octanol–water partition coefficient (Wildman–Crippen LogP) is 4.80. The summed E-state index contributed by atoms with van der Waals surface area (Å²) in [5.41, 5.74) is 2.95. The van der Waals surface area contributed by atoms with Gasteiger partial charge in [-0.25, -0.2) is 0 Å². The summed E-state index contributed by atoms with van der Waals surface area (Å²) in [5, 5.41) is 9.87. The van der Waals surface area contributed by atoms with Gasteiger partial charge in [0.15, 0.2) is 0 Å². The Morgan fingerprint density at radius 1 is 1.18 bits per heavy atom. The Morgan fingerprint density at radius 3 is 2.79 bits per heavy atom. The van der Waals surface area contributed by atoms with E-state index in [1.807, 2.05) is 62.4 Å². The minimum absolute atomic E-state index is 0.0106. The molecule has 1 heterocycles. The molecule has 0 aliphatic carbocycles. The number of carboxylic acid groups (broad SMARTS) is 1. The van der Waals surface area contributed by atoms with E-state index < -0.39 is 5.97 Å². The fourth-order valence-corrected chi connectivity index (χ4v) is 3.07. The lowest BCUT2D eigenvalue weighted by molar-refractivity contribution is -0.136. The Balaban J connectivity index is 1.52. The Labute approximate surface area is 164 Å². The highest BCUT2D eigenvalue weighted by Crippen LogP contribution is 2.24. The molecule has 0 spiro atoms. The van der Waals surface area contributed by atoms with Gasteiger partial charge in [-0.05, 0) is 55.7 Å². The summed E-state index contributed by atoms with van der Waals surface area (Å²) in [6.07, 6.45) is 3.17. The monoisotopic (exact) mass is 379 g/mol. The molecule has 0 saturated heterocycles. The molecule has 3 rings (SSSR count). The Bertz CT molecular complexity index is 949. The van der Waals surface area contributed by atoms with E-state index in [-0.39, 0.29) is 12.5 Å². The second-order valence-electron chi connectivity index (χ2n) is 6.88. The van der Waals surface area contributed by atoms with Crippen LogP contribution in [0, 0.1) is 6.92 Å². The zero-order chi connectivity index (χ0) is 19.9. The molecule has 0 amide bonds. The quantitative estimate of drug-likeness (QED) is 0.578. The first-order valence-corrected chi connectivity index (χ1v) is 9.47. The van der Waals surface area contributed by atoms with Crippen molar-refractivity contribution in [1.82, 2.24) is 4.98 Å². The minimum Gasteiger partial charge on any atom is -0.493 e. The number of aromatic nitrogens is 1. The van der Waals surface area contributed by atoms with Gasteiger partial charge in [-0.2, -0.15) is 0 Å². The van der Waals surface area contributed by atoms with Gasteiger partial charge in [-0.1, -0.05) is 24.3 Å². The average molecular weight is 379 g/mol. The molecule has 1 aromatic heterocycles. The summed E-state index contributed by atoms with van der Waals surface area (Å²) in [4.78, 5) is 15.1. The van der Waals surface area contributed by atoms with E-state index in [1.54, 1.807) is 6.20 Å². The number of rotatable bonds is 9. The number of fused-ring (bicyclic) bond motifs is 1. The Morgan fingerprint density at radius 2 is 2.00 bits per heavy atom. The first-order valence-electron chi connectivity index (χ1n) is 9.47. The molecule has 1 atom stereocenters. The molecule has 5 heteroatoms. The van der Waals surface area contributed by atoms with Crippen molar-refractivity contribution in [3.63, 3.8) is 0 Å². The van der Waals surface area contributed by atoms with Crippen LogP contribution in [0.15, 0.2) is 54.7 Å². The highest BCUT2D eigenvalue weighted by Gasteiger charge is 2.09. The van der Waals surface area contributed by atoms with Crippen molar-refractivity contribution in [1.29, 1.82) is 0 Å². The van der Waals surface area contributed by atoms with Crippen LogP contribution in [0.25, 0.3) is 10.9 Å². The van der Waals surface area contributed by atoms with Crippen molar-refractivity contribution in [3.8, 4) is 11.5 Å². The fourth-order valence-electron chi connectivity index (χ4n) is 3.07. The van der Waals surface area contributed by atoms with Crippen LogP contribution in [0.5, 0.6) is 11.5 Å². The van der Waals surface area contributed by atoms with Crippen molar-refractivity contribution in [2.45, 2.75) is 39.2 Å². The lowest BCUT2D eigenvalue weighted by Gasteiger charge is -2.16. The van der Waals surface area contributed by atoms with Crippen LogP contribution < -0.4 is 9.47 Å². The molecule has 0 unspecified atom stereocenters. The van der Waals surface area contributed by atoms with Gasteiger partial charge in [0.1, 0.15) is 17.0 Å². The van der Waals surface area contributed by atoms with Gasteiger partial charge < -0.3 is 14.6 Å². The van der Waals surface area contributed by atoms with Gasteiger partial charge in [0, 0.05) is 24.4 Å². The minimum atomic E-state index is -0.782. The number of hydrogen-bond donors (Lipinski definition) is 1. The third-order valence-corrected chi connectivity index (χ3v) is 4.64. The molecule has 1 N–H and O–H groups in total. The van der Waals surface area contributed by atoms with Crippen molar-refractivity contribution >= 4 is 16.9 Å². The molecule has 28 heavy (non-hydrogen) atoms. The molecular formula is C23H25NO4. The lowest BCUT2D eigenvalue weighted by atomic mass is 10.0. The van der Waals surface area contributed by atoms with E-state index in [4.69, 9.17) is 14.6 Å².